The number of rotatable bonds is 1. The number of alkyl halides is 3. The summed E-state index contributed by atoms with van der Waals surface area (Å²) in [6.07, 6.45) is -0.915. The van der Waals surface area contributed by atoms with Crippen LogP contribution in [0.15, 0.2) is 24.3 Å². The van der Waals surface area contributed by atoms with Crippen molar-refractivity contribution in [1.29, 1.82) is 0 Å². The van der Waals surface area contributed by atoms with Crippen molar-refractivity contribution >= 4 is 0 Å². The Morgan fingerprint density at radius 2 is 1.94 bits per heavy atom. The Bertz CT molecular complexity index is 378. The normalized spacial score (nSPS) is 25.9. The maximum atomic E-state index is 12.5. The van der Waals surface area contributed by atoms with Crippen molar-refractivity contribution in [3.05, 3.63) is 41.8 Å². The predicted octanol–water partition coefficient (Wildman–Crippen LogP) is 3.54. The van der Waals surface area contributed by atoms with Crippen molar-refractivity contribution in [2.45, 2.75) is 37.5 Å². The molecule has 0 aromatic heterocycles. The molecule has 1 aromatic rings. The van der Waals surface area contributed by atoms with Gasteiger partial charge in [0, 0.05) is 0 Å². The Morgan fingerprint density at radius 3 is 2.53 bits per heavy atom. The maximum absolute atomic E-state index is 12.5. The highest BCUT2D eigenvalue weighted by Crippen LogP contribution is 2.35. The molecule has 2 atom stereocenters. The lowest BCUT2D eigenvalue weighted by Crippen LogP contribution is -2.18. The highest BCUT2D eigenvalue weighted by molar-refractivity contribution is 5.29. The minimum absolute atomic E-state index is 0.0979. The molecule has 1 fully saturated rings. The summed E-state index contributed by atoms with van der Waals surface area (Å²) in [6, 6.07) is 5.48. The van der Waals surface area contributed by atoms with E-state index < -0.39 is 17.8 Å². The molecule has 0 amide bonds. The molecule has 0 saturated heterocycles. The Balaban J connectivity index is 2.16. The number of benzene rings is 1. The van der Waals surface area contributed by atoms with Gasteiger partial charge in [-0.15, -0.1) is 0 Å². The number of hydrogen-bond donors (Lipinski definition) is 1. The third-order valence-corrected chi connectivity index (χ3v) is 3.19. The lowest BCUT2D eigenvalue weighted by molar-refractivity contribution is -0.137. The van der Waals surface area contributed by atoms with Crippen LogP contribution in [0.5, 0.6) is 0 Å². The zero-order valence-electron chi connectivity index (χ0n) is 9.24. The summed E-state index contributed by atoms with van der Waals surface area (Å²) in [5.41, 5.74) is 0.115. The molecule has 0 spiro atoms. The summed E-state index contributed by atoms with van der Waals surface area (Å²) < 4.78 is 37.6. The van der Waals surface area contributed by atoms with E-state index >= 15 is 0 Å². The van der Waals surface area contributed by atoms with Crippen LogP contribution in [-0.2, 0) is 6.18 Å². The molecule has 93 valence electrons. The summed E-state index contributed by atoms with van der Waals surface area (Å²) in [5, 5.41) is 9.32. The standard InChI is InChI=1S/C13H14F3O/c14-13(15,16)11-3-1-2-10(8-11)9-4-6-12(17)7-5-9/h1-3,6,8-9,12,17H,4-5,7H2/t9-,12-/m0/s1. The molecule has 1 aliphatic rings. The zero-order chi connectivity index (χ0) is 12.5. The summed E-state index contributed by atoms with van der Waals surface area (Å²) in [7, 11) is 0. The van der Waals surface area contributed by atoms with Crippen LogP contribution in [0, 0.1) is 6.42 Å². The van der Waals surface area contributed by atoms with Crippen molar-refractivity contribution in [3.8, 4) is 0 Å². The van der Waals surface area contributed by atoms with Crippen LogP contribution in [-0.4, -0.2) is 11.2 Å². The lowest BCUT2D eigenvalue weighted by Gasteiger charge is -2.25. The Labute approximate surface area is 98.3 Å². The van der Waals surface area contributed by atoms with E-state index in [0.717, 1.165) is 12.5 Å². The highest BCUT2D eigenvalue weighted by atomic mass is 19.4. The van der Waals surface area contributed by atoms with Gasteiger partial charge < -0.3 is 5.11 Å². The Morgan fingerprint density at radius 1 is 1.18 bits per heavy atom. The largest absolute Gasteiger partial charge is 0.416 e. The van der Waals surface area contributed by atoms with Gasteiger partial charge in [0.2, 0.25) is 0 Å². The lowest BCUT2D eigenvalue weighted by atomic mass is 9.82. The molecule has 17 heavy (non-hydrogen) atoms. The predicted molar refractivity (Wildman–Crippen MR) is 58.3 cm³/mol. The van der Waals surface area contributed by atoms with Gasteiger partial charge in [0.05, 0.1) is 11.7 Å². The van der Waals surface area contributed by atoms with E-state index in [1.54, 1.807) is 12.5 Å². The molecule has 2 rings (SSSR count). The van der Waals surface area contributed by atoms with Crippen LogP contribution in [0.1, 0.15) is 36.3 Å². The fourth-order valence-corrected chi connectivity index (χ4v) is 2.20. The van der Waals surface area contributed by atoms with E-state index in [0.29, 0.717) is 18.4 Å². The molecule has 0 unspecified atom stereocenters. The molecule has 1 radical (unpaired) electrons. The molecule has 4 heteroatoms. The van der Waals surface area contributed by atoms with Gasteiger partial charge >= 0.3 is 6.18 Å². The molecule has 1 saturated carbocycles. The average Bonchev–Trinajstić information content (AvgIpc) is 2.29. The first kappa shape index (κ1) is 12.4. The second-order valence-electron chi connectivity index (χ2n) is 4.44. The van der Waals surface area contributed by atoms with Crippen LogP contribution >= 0.6 is 0 Å². The van der Waals surface area contributed by atoms with E-state index in [9.17, 15) is 18.3 Å². The minimum Gasteiger partial charge on any atom is -0.393 e. The molecule has 0 aliphatic heterocycles. The fourth-order valence-electron chi connectivity index (χ4n) is 2.20. The first-order valence-corrected chi connectivity index (χ1v) is 5.65. The van der Waals surface area contributed by atoms with Gasteiger partial charge in [0.15, 0.2) is 0 Å². The number of halogens is 3. The molecule has 1 N–H and O–H groups in total. The topological polar surface area (TPSA) is 20.2 Å². The third-order valence-electron chi connectivity index (χ3n) is 3.19. The summed E-state index contributed by atoms with van der Waals surface area (Å²) in [6.45, 7) is 0. The summed E-state index contributed by atoms with van der Waals surface area (Å²) >= 11 is 0. The molecule has 0 heterocycles. The molecular formula is C13H14F3O. The summed E-state index contributed by atoms with van der Waals surface area (Å²) in [5.74, 6) is 0.0979. The maximum Gasteiger partial charge on any atom is 0.416 e. The van der Waals surface area contributed by atoms with E-state index in [1.807, 2.05) is 0 Å². The van der Waals surface area contributed by atoms with Crippen LogP contribution < -0.4 is 0 Å². The van der Waals surface area contributed by atoms with Crippen LogP contribution in [0.3, 0.4) is 0 Å². The van der Waals surface area contributed by atoms with Crippen LogP contribution in [0.4, 0.5) is 13.2 Å². The zero-order valence-corrected chi connectivity index (χ0v) is 9.24. The first-order valence-electron chi connectivity index (χ1n) is 5.65. The van der Waals surface area contributed by atoms with E-state index in [2.05, 4.69) is 0 Å². The van der Waals surface area contributed by atoms with Gasteiger partial charge in [-0.25, -0.2) is 0 Å². The molecule has 1 aliphatic carbocycles. The third kappa shape index (κ3) is 3.00. The smallest absolute Gasteiger partial charge is 0.393 e. The van der Waals surface area contributed by atoms with E-state index in [-0.39, 0.29) is 5.92 Å². The highest BCUT2D eigenvalue weighted by Gasteiger charge is 2.31. The van der Waals surface area contributed by atoms with Crippen molar-refractivity contribution in [1.82, 2.24) is 0 Å². The van der Waals surface area contributed by atoms with Crippen molar-refractivity contribution in [3.63, 3.8) is 0 Å². The van der Waals surface area contributed by atoms with Crippen molar-refractivity contribution in [2.75, 3.05) is 0 Å². The van der Waals surface area contributed by atoms with Gasteiger partial charge in [0.1, 0.15) is 0 Å². The summed E-state index contributed by atoms with van der Waals surface area (Å²) in [4.78, 5) is 0. The monoisotopic (exact) mass is 243 g/mol. The second-order valence-corrected chi connectivity index (χ2v) is 4.44. The van der Waals surface area contributed by atoms with Crippen LogP contribution in [0.2, 0.25) is 0 Å². The Hall–Kier alpha value is -1.03. The quantitative estimate of drug-likeness (QED) is 0.799. The minimum atomic E-state index is -4.28. The van der Waals surface area contributed by atoms with Crippen molar-refractivity contribution < 1.29 is 18.3 Å². The van der Waals surface area contributed by atoms with Gasteiger partial charge in [-0.2, -0.15) is 13.2 Å². The molecular weight excluding hydrogens is 229 g/mol. The fraction of sp³-hybridized carbons (Fsp3) is 0.462. The SMILES string of the molecule is O[C@H]1[CH]C[C@H](c2cccc(C(F)(F)F)c2)CC1. The molecule has 1 nitrogen and oxygen atoms in total. The second kappa shape index (κ2) is 4.69. The van der Waals surface area contributed by atoms with Crippen LogP contribution in [0.25, 0.3) is 0 Å². The number of hydrogen-bond acceptors (Lipinski definition) is 1. The number of aliphatic hydroxyl groups excluding tert-OH is 1. The van der Waals surface area contributed by atoms with Gasteiger partial charge in [0.25, 0.3) is 0 Å². The molecule has 1 aromatic carbocycles. The Kier molecular flexibility index (Phi) is 3.43. The van der Waals surface area contributed by atoms with E-state index in [1.165, 1.54) is 12.1 Å². The van der Waals surface area contributed by atoms with Gasteiger partial charge in [-0.3, -0.25) is 0 Å². The van der Waals surface area contributed by atoms with Crippen molar-refractivity contribution in [2.24, 2.45) is 0 Å². The van der Waals surface area contributed by atoms with E-state index in [4.69, 9.17) is 0 Å². The average molecular weight is 243 g/mol. The molecule has 0 bridgehead atoms. The number of aliphatic hydroxyl groups is 1. The van der Waals surface area contributed by atoms with Gasteiger partial charge in [-0.1, -0.05) is 18.2 Å². The van der Waals surface area contributed by atoms with Gasteiger partial charge in [-0.05, 0) is 43.2 Å². The first-order chi connectivity index (χ1) is 7.97.